The van der Waals surface area contributed by atoms with Crippen LogP contribution in [-0.4, -0.2) is 8.80 Å². The van der Waals surface area contributed by atoms with Crippen LogP contribution in [0.1, 0.15) is 37.5 Å². The summed E-state index contributed by atoms with van der Waals surface area (Å²) in [5.74, 6) is 0.503. The molecule has 1 unspecified atom stereocenters. The van der Waals surface area contributed by atoms with Crippen molar-refractivity contribution in [2.45, 2.75) is 40.7 Å². The normalized spacial score (nSPS) is 16.7. The lowest BCUT2D eigenvalue weighted by Gasteiger charge is -2.25. The fraction of sp³-hybridized carbons (Fsp3) is 0.241. The third-order valence-corrected chi connectivity index (χ3v) is 10.2. The first-order valence-electron chi connectivity index (χ1n) is 11.0. The Hall–Kier alpha value is -2.64. The maximum Gasteiger partial charge on any atom is 0.104 e. The molecule has 0 saturated carbocycles. The first-order valence-corrected chi connectivity index (χ1v) is 13.0. The summed E-state index contributed by atoms with van der Waals surface area (Å²) in [5, 5.41) is 3.08. The van der Waals surface area contributed by atoms with Crippen molar-refractivity contribution in [2.24, 2.45) is 5.92 Å². The van der Waals surface area contributed by atoms with Crippen molar-refractivity contribution in [3.63, 3.8) is 0 Å². The van der Waals surface area contributed by atoms with Crippen LogP contribution in [0.5, 0.6) is 0 Å². The highest BCUT2D eigenvalue weighted by molar-refractivity contribution is 6.85. The molecule has 3 aromatic carbocycles. The van der Waals surface area contributed by atoms with E-state index in [9.17, 15) is 0 Å². The molecule has 0 amide bonds. The summed E-state index contributed by atoms with van der Waals surface area (Å²) < 4.78 is 0. The monoisotopic (exact) mass is 408 g/mol. The molecule has 0 saturated heterocycles. The Morgan fingerprint density at radius 1 is 0.633 bits per heavy atom. The van der Waals surface area contributed by atoms with Crippen LogP contribution in [0.2, 0.25) is 6.04 Å². The first-order chi connectivity index (χ1) is 14.5. The van der Waals surface area contributed by atoms with Gasteiger partial charge in [-0.3, -0.25) is 0 Å². The molecule has 0 nitrogen and oxygen atoms in total. The van der Waals surface area contributed by atoms with E-state index in [4.69, 9.17) is 0 Å². The molecule has 1 aliphatic carbocycles. The van der Waals surface area contributed by atoms with Crippen LogP contribution >= 0.6 is 0 Å². The fourth-order valence-corrected chi connectivity index (χ4v) is 8.51. The number of allylic oxidation sites excluding steroid dienone is 4. The molecular weight excluding hydrogens is 376 g/mol. The van der Waals surface area contributed by atoms with Crippen LogP contribution in [0.25, 0.3) is 5.57 Å². The minimum atomic E-state index is -1.35. The van der Waals surface area contributed by atoms with Gasteiger partial charge in [-0.15, -0.1) is 0 Å². The van der Waals surface area contributed by atoms with Gasteiger partial charge in [0.1, 0.15) is 8.80 Å². The summed E-state index contributed by atoms with van der Waals surface area (Å²) in [6, 6.07) is 30.7. The lowest BCUT2D eigenvalue weighted by atomic mass is 9.90. The molecule has 0 heterocycles. The van der Waals surface area contributed by atoms with Crippen LogP contribution in [0.3, 0.4) is 0 Å². The fourth-order valence-electron chi connectivity index (χ4n) is 5.15. The maximum absolute atomic E-state index is 2.38. The highest BCUT2D eigenvalue weighted by Crippen LogP contribution is 2.45. The molecule has 30 heavy (non-hydrogen) atoms. The van der Waals surface area contributed by atoms with E-state index in [1.54, 1.807) is 21.5 Å². The topological polar surface area (TPSA) is 0 Å². The highest BCUT2D eigenvalue weighted by Gasteiger charge is 2.32. The quantitative estimate of drug-likeness (QED) is 0.449. The van der Waals surface area contributed by atoms with Gasteiger partial charge in [0.2, 0.25) is 0 Å². The average Bonchev–Trinajstić information content (AvgIpc) is 2.96. The van der Waals surface area contributed by atoms with Gasteiger partial charge in [0.05, 0.1) is 0 Å². The SMILES string of the molecule is CC1=C(C)C(C[SiH](c2ccccc2)c2ccccc2)C(c2cc(C)cc(C)c2)=C1C. The first kappa shape index (κ1) is 20.6. The van der Waals surface area contributed by atoms with Gasteiger partial charge in [-0.2, -0.15) is 0 Å². The van der Waals surface area contributed by atoms with Crippen LogP contribution in [0.15, 0.2) is 95.6 Å². The molecule has 1 heteroatoms. The molecule has 0 N–H and O–H groups in total. The Kier molecular flexibility index (Phi) is 5.92. The van der Waals surface area contributed by atoms with E-state index in [2.05, 4.69) is 113 Å². The van der Waals surface area contributed by atoms with Crippen molar-refractivity contribution in [2.75, 3.05) is 0 Å². The van der Waals surface area contributed by atoms with E-state index < -0.39 is 8.80 Å². The Labute approximate surface area is 183 Å². The standard InChI is InChI=1S/C29H32Si/c1-20-16-21(2)18-25(17-20)29-24(5)22(3)23(4)28(29)19-30(26-12-8-6-9-13-26)27-14-10-7-11-15-27/h6-18,28,30H,19H2,1-5H3. The summed E-state index contributed by atoms with van der Waals surface area (Å²) in [6.45, 7) is 11.4. The molecule has 0 spiro atoms. The number of hydrogen-bond donors (Lipinski definition) is 0. The molecule has 152 valence electrons. The second-order valence-corrected chi connectivity index (χ2v) is 11.8. The molecular formula is C29H32Si. The van der Waals surface area contributed by atoms with Crippen molar-refractivity contribution in [3.8, 4) is 0 Å². The van der Waals surface area contributed by atoms with Gasteiger partial charge in [-0.05, 0) is 62.9 Å². The summed E-state index contributed by atoms with van der Waals surface area (Å²) in [7, 11) is -1.35. The molecule has 0 fully saturated rings. The third kappa shape index (κ3) is 4.00. The predicted molar refractivity (Wildman–Crippen MR) is 134 cm³/mol. The van der Waals surface area contributed by atoms with Crippen LogP contribution in [0, 0.1) is 19.8 Å². The molecule has 0 aromatic heterocycles. The average molecular weight is 409 g/mol. The molecule has 0 radical (unpaired) electrons. The zero-order valence-corrected chi connectivity index (χ0v) is 20.0. The van der Waals surface area contributed by atoms with Gasteiger partial charge in [0, 0.05) is 5.92 Å². The number of aryl methyl sites for hydroxylation is 2. The van der Waals surface area contributed by atoms with Crippen molar-refractivity contribution >= 4 is 24.7 Å². The van der Waals surface area contributed by atoms with E-state index >= 15 is 0 Å². The molecule has 0 bridgehead atoms. The van der Waals surface area contributed by atoms with Gasteiger partial charge in [-0.25, -0.2) is 0 Å². The molecule has 0 aliphatic heterocycles. The number of hydrogen-bond acceptors (Lipinski definition) is 0. The molecule has 3 aromatic rings. The zero-order chi connectivity index (χ0) is 21.3. The maximum atomic E-state index is 2.38. The van der Waals surface area contributed by atoms with Crippen molar-refractivity contribution in [3.05, 3.63) is 112 Å². The van der Waals surface area contributed by atoms with Gasteiger partial charge in [0.25, 0.3) is 0 Å². The Balaban J connectivity index is 1.80. The minimum absolute atomic E-state index is 0.503. The van der Waals surface area contributed by atoms with E-state index in [-0.39, 0.29) is 0 Å². The summed E-state index contributed by atoms with van der Waals surface area (Å²) in [6.07, 6.45) is 0. The van der Waals surface area contributed by atoms with Crippen LogP contribution in [-0.2, 0) is 0 Å². The van der Waals surface area contributed by atoms with E-state index in [0.717, 1.165) is 0 Å². The van der Waals surface area contributed by atoms with Gasteiger partial charge in [-0.1, -0.05) is 106 Å². The van der Waals surface area contributed by atoms with Crippen molar-refractivity contribution in [1.82, 2.24) is 0 Å². The molecule has 1 atom stereocenters. The second kappa shape index (κ2) is 8.61. The van der Waals surface area contributed by atoms with Crippen LogP contribution in [0.4, 0.5) is 0 Å². The molecule has 1 aliphatic rings. The lowest BCUT2D eigenvalue weighted by molar-refractivity contribution is 0.884. The Bertz CT molecular complexity index is 1040. The van der Waals surface area contributed by atoms with Crippen molar-refractivity contribution in [1.29, 1.82) is 0 Å². The number of benzene rings is 3. The summed E-state index contributed by atoms with van der Waals surface area (Å²) in [5.41, 5.74) is 10.2. The van der Waals surface area contributed by atoms with E-state index in [0.29, 0.717) is 5.92 Å². The third-order valence-electron chi connectivity index (χ3n) is 6.84. The summed E-state index contributed by atoms with van der Waals surface area (Å²) >= 11 is 0. The van der Waals surface area contributed by atoms with E-state index in [1.807, 2.05) is 0 Å². The van der Waals surface area contributed by atoms with Crippen molar-refractivity contribution < 1.29 is 0 Å². The largest absolute Gasteiger partial charge is 0.104 e. The van der Waals surface area contributed by atoms with Crippen LogP contribution < -0.4 is 10.4 Å². The zero-order valence-electron chi connectivity index (χ0n) is 18.9. The molecule has 4 rings (SSSR count). The van der Waals surface area contributed by atoms with Gasteiger partial charge >= 0.3 is 0 Å². The Morgan fingerprint density at radius 3 is 1.63 bits per heavy atom. The smallest absolute Gasteiger partial charge is 0.0629 e. The highest BCUT2D eigenvalue weighted by atomic mass is 28.3. The summed E-state index contributed by atoms with van der Waals surface area (Å²) in [4.78, 5) is 0. The predicted octanol–water partition coefficient (Wildman–Crippen LogP) is 6.08. The van der Waals surface area contributed by atoms with Gasteiger partial charge < -0.3 is 0 Å². The minimum Gasteiger partial charge on any atom is -0.0629 e. The number of rotatable bonds is 5. The van der Waals surface area contributed by atoms with E-state index in [1.165, 1.54) is 33.9 Å². The second-order valence-electron chi connectivity index (χ2n) is 8.89. The lowest BCUT2D eigenvalue weighted by Crippen LogP contribution is -2.43. The van der Waals surface area contributed by atoms with Gasteiger partial charge in [0.15, 0.2) is 0 Å². The Morgan fingerprint density at radius 2 is 1.13 bits per heavy atom.